The Bertz CT molecular complexity index is 370. The molecule has 1 aromatic rings. The maximum Gasteiger partial charge on any atom is 0.260 e. The molecule has 3 heteroatoms. The smallest absolute Gasteiger partial charge is 0.260 e. The zero-order valence-corrected chi connectivity index (χ0v) is 9.61. The number of carbonyl (C=O) groups is 1. The average molecular weight is 219 g/mol. The SMILES string of the molecule is Cc1cccc(OCC(=O)N2CCCC2)c1. The number of likely N-dealkylation sites (tertiary alicyclic amines) is 1. The van der Waals surface area contributed by atoms with Gasteiger partial charge in [0.25, 0.3) is 5.91 Å². The zero-order chi connectivity index (χ0) is 11.4. The molecule has 0 radical (unpaired) electrons. The Morgan fingerprint density at radius 3 is 2.81 bits per heavy atom. The molecule has 1 amide bonds. The summed E-state index contributed by atoms with van der Waals surface area (Å²) in [5.74, 6) is 0.867. The molecule has 1 saturated heterocycles. The van der Waals surface area contributed by atoms with Gasteiger partial charge in [-0.25, -0.2) is 0 Å². The predicted molar refractivity (Wildman–Crippen MR) is 62.5 cm³/mol. The third-order valence-electron chi connectivity index (χ3n) is 2.81. The van der Waals surface area contributed by atoms with Crippen molar-refractivity contribution in [3.8, 4) is 5.75 Å². The monoisotopic (exact) mass is 219 g/mol. The van der Waals surface area contributed by atoms with Gasteiger partial charge in [-0.15, -0.1) is 0 Å². The zero-order valence-electron chi connectivity index (χ0n) is 9.61. The molecule has 2 rings (SSSR count). The highest BCUT2D eigenvalue weighted by Gasteiger charge is 2.17. The molecule has 16 heavy (non-hydrogen) atoms. The number of amides is 1. The molecular formula is C13H17NO2. The van der Waals surface area contributed by atoms with E-state index in [1.54, 1.807) is 0 Å². The summed E-state index contributed by atoms with van der Waals surface area (Å²) in [6.07, 6.45) is 2.24. The van der Waals surface area contributed by atoms with E-state index in [4.69, 9.17) is 4.74 Å². The maximum absolute atomic E-state index is 11.7. The van der Waals surface area contributed by atoms with Gasteiger partial charge in [-0.2, -0.15) is 0 Å². The van der Waals surface area contributed by atoms with Gasteiger partial charge in [-0.1, -0.05) is 12.1 Å². The van der Waals surface area contributed by atoms with Crippen molar-refractivity contribution >= 4 is 5.91 Å². The van der Waals surface area contributed by atoms with Crippen LogP contribution in [0.15, 0.2) is 24.3 Å². The first-order chi connectivity index (χ1) is 7.75. The highest BCUT2D eigenvalue weighted by molar-refractivity contribution is 5.78. The van der Waals surface area contributed by atoms with Crippen molar-refractivity contribution in [3.63, 3.8) is 0 Å². The lowest BCUT2D eigenvalue weighted by molar-refractivity contribution is -0.132. The predicted octanol–water partition coefficient (Wildman–Crippen LogP) is 2.00. The molecular weight excluding hydrogens is 202 g/mol. The molecule has 0 unspecified atom stereocenters. The Labute approximate surface area is 96.0 Å². The number of ether oxygens (including phenoxy) is 1. The Kier molecular flexibility index (Phi) is 3.44. The van der Waals surface area contributed by atoms with Crippen LogP contribution in [0.5, 0.6) is 5.75 Å². The Hall–Kier alpha value is -1.51. The summed E-state index contributed by atoms with van der Waals surface area (Å²) in [4.78, 5) is 13.6. The Morgan fingerprint density at radius 1 is 1.38 bits per heavy atom. The van der Waals surface area contributed by atoms with Crippen molar-refractivity contribution in [2.45, 2.75) is 19.8 Å². The number of hydrogen-bond donors (Lipinski definition) is 0. The van der Waals surface area contributed by atoms with E-state index in [0.717, 1.165) is 37.2 Å². The van der Waals surface area contributed by atoms with Crippen LogP contribution in [0.1, 0.15) is 18.4 Å². The molecule has 1 aliphatic heterocycles. The first-order valence-electron chi connectivity index (χ1n) is 5.73. The minimum Gasteiger partial charge on any atom is -0.484 e. The first kappa shape index (κ1) is 11.0. The fourth-order valence-electron chi connectivity index (χ4n) is 1.91. The molecule has 0 aliphatic carbocycles. The molecule has 1 aromatic carbocycles. The summed E-state index contributed by atoms with van der Waals surface area (Å²) in [5.41, 5.74) is 1.14. The summed E-state index contributed by atoms with van der Waals surface area (Å²) >= 11 is 0. The van der Waals surface area contributed by atoms with Gasteiger partial charge < -0.3 is 9.64 Å². The van der Waals surface area contributed by atoms with Crippen molar-refractivity contribution in [2.75, 3.05) is 19.7 Å². The molecule has 1 heterocycles. The van der Waals surface area contributed by atoms with Crippen LogP contribution in [-0.2, 0) is 4.79 Å². The molecule has 1 aliphatic rings. The molecule has 1 fully saturated rings. The van der Waals surface area contributed by atoms with E-state index in [2.05, 4.69) is 0 Å². The highest BCUT2D eigenvalue weighted by atomic mass is 16.5. The van der Waals surface area contributed by atoms with Gasteiger partial charge in [-0.3, -0.25) is 4.79 Å². The second-order valence-corrected chi connectivity index (χ2v) is 4.19. The quantitative estimate of drug-likeness (QED) is 0.778. The average Bonchev–Trinajstić information content (AvgIpc) is 2.79. The number of carbonyl (C=O) groups excluding carboxylic acids is 1. The molecule has 0 spiro atoms. The van der Waals surface area contributed by atoms with Gasteiger partial charge in [0, 0.05) is 13.1 Å². The topological polar surface area (TPSA) is 29.5 Å². The van der Waals surface area contributed by atoms with E-state index >= 15 is 0 Å². The lowest BCUT2D eigenvalue weighted by atomic mass is 10.2. The number of benzene rings is 1. The minimum absolute atomic E-state index is 0.0963. The van der Waals surface area contributed by atoms with Crippen LogP contribution in [-0.4, -0.2) is 30.5 Å². The molecule has 0 saturated carbocycles. The van der Waals surface area contributed by atoms with Gasteiger partial charge in [0.2, 0.25) is 0 Å². The van der Waals surface area contributed by atoms with E-state index in [1.165, 1.54) is 0 Å². The van der Waals surface area contributed by atoms with E-state index in [1.807, 2.05) is 36.1 Å². The van der Waals surface area contributed by atoms with Crippen molar-refractivity contribution < 1.29 is 9.53 Å². The second kappa shape index (κ2) is 5.01. The van der Waals surface area contributed by atoms with E-state index in [9.17, 15) is 4.79 Å². The van der Waals surface area contributed by atoms with Gasteiger partial charge in [0.1, 0.15) is 5.75 Å². The summed E-state index contributed by atoms with van der Waals surface area (Å²) in [6, 6.07) is 7.77. The lowest BCUT2D eigenvalue weighted by Crippen LogP contribution is -2.32. The van der Waals surface area contributed by atoms with Crippen molar-refractivity contribution in [3.05, 3.63) is 29.8 Å². The molecule has 0 N–H and O–H groups in total. The molecule has 86 valence electrons. The third-order valence-corrected chi connectivity index (χ3v) is 2.81. The third kappa shape index (κ3) is 2.75. The maximum atomic E-state index is 11.7. The summed E-state index contributed by atoms with van der Waals surface area (Å²) in [6.45, 7) is 3.94. The summed E-state index contributed by atoms with van der Waals surface area (Å²) in [7, 11) is 0. The normalized spacial score (nSPS) is 15.2. The number of nitrogens with zero attached hydrogens (tertiary/aromatic N) is 1. The first-order valence-corrected chi connectivity index (χ1v) is 5.73. The molecule has 3 nitrogen and oxygen atoms in total. The number of hydrogen-bond acceptors (Lipinski definition) is 2. The standard InChI is InChI=1S/C13H17NO2/c1-11-5-4-6-12(9-11)16-10-13(15)14-7-2-3-8-14/h4-6,9H,2-3,7-8,10H2,1H3. The van der Waals surface area contributed by atoms with Crippen LogP contribution in [0.4, 0.5) is 0 Å². The summed E-state index contributed by atoms with van der Waals surface area (Å²) < 4.78 is 5.47. The largest absolute Gasteiger partial charge is 0.484 e. The number of aryl methyl sites for hydroxylation is 1. The van der Waals surface area contributed by atoms with Crippen molar-refractivity contribution in [2.24, 2.45) is 0 Å². The van der Waals surface area contributed by atoms with Gasteiger partial charge >= 0.3 is 0 Å². The minimum atomic E-state index is 0.0963. The Balaban J connectivity index is 1.84. The van der Waals surface area contributed by atoms with Crippen LogP contribution < -0.4 is 4.74 Å². The summed E-state index contributed by atoms with van der Waals surface area (Å²) in [5, 5.41) is 0. The van der Waals surface area contributed by atoms with E-state index in [-0.39, 0.29) is 12.5 Å². The van der Waals surface area contributed by atoms with Crippen LogP contribution in [0.2, 0.25) is 0 Å². The fourth-order valence-corrected chi connectivity index (χ4v) is 1.91. The van der Waals surface area contributed by atoms with Crippen molar-refractivity contribution in [1.29, 1.82) is 0 Å². The van der Waals surface area contributed by atoms with Crippen LogP contribution in [0.3, 0.4) is 0 Å². The second-order valence-electron chi connectivity index (χ2n) is 4.19. The van der Waals surface area contributed by atoms with Crippen LogP contribution in [0, 0.1) is 6.92 Å². The van der Waals surface area contributed by atoms with Crippen molar-refractivity contribution in [1.82, 2.24) is 4.90 Å². The molecule has 0 bridgehead atoms. The van der Waals surface area contributed by atoms with Crippen LogP contribution >= 0.6 is 0 Å². The highest BCUT2D eigenvalue weighted by Crippen LogP contribution is 2.13. The number of rotatable bonds is 3. The van der Waals surface area contributed by atoms with Crippen LogP contribution in [0.25, 0.3) is 0 Å². The van der Waals surface area contributed by atoms with Gasteiger partial charge in [0.15, 0.2) is 6.61 Å². The van der Waals surface area contributed by atoms with Gasteiger partial charge in [0.05, 0.1) is 0 Å². The fraction of sp³-hybridized carbons (Fsp3) is 0.462. The molecule has 0 aromatic heterocycles. The lowest BCUT2D eigenvalue weighted by Gasteiger charge is -2.15. The van der Waals surface area contributed by atoms with Gasteiger partial charge in [-0.05, 0) is 37.5 Å². The van der Waals surface area contributed by atoms with E-state index in [0.29, 0.717) is 0 Å². The molecule has 0 atom stereocenters. The Morgan fingerprint density at radius 2 is 2.12 bits per heavy atom. The van der Waals surface area contributed by atoms with E-state index < -0.39 is 0 Å².